The van der Waals surface area contributed by atoms with Crippen LogP contribution in [-0.2, 0) is 17.8 Å². The first kappa shape index (κ1) is 25.1. The first-order valence-corrected chi connectivity index (χ1v) is 11.9. The highest BCUT2D eigenvalue weighted by Gasteiger charge is 2.24. The highest BCUT2D eigenvalue weighted by molar-refractivity contribution is 5.92. The van der Waals surface area contributed by atoms with Crippen molar-refractivity contribution < 1.29 is 15.0 Å². The number of phenols is 2. The van der Waals surface area contributed by atoms with Crippen molar-refractivity contribution in [2.75, 3.05) is 4.90 Å². The van der Waals surface area contributed by atoms with Crippen molar-refractivity contribution in [1.82, 2.24) is 0 Å². The van der Waals surface area contributed by atoms with Crippen molar-refractivity contribution in [3.63, 3.8) is 0 Å². The zero-order valence-corrected chi connectivity index (χ0v) is 20.7. The number of hydrogen-bond acceptors (Lipinski definition) is 3. The number of para-hydroxylation sites is 1. The quantitative estimate of drug-likeness (QED) is 0.329. The lowest BCUT2D eigenvalue weighted by Gasteiger charge is -2.25. The number of nitrogens with zero attached hydrogens (tertiary/aromatic N) is 1. The van der Waals surface area contributed by atoms with Gasteiger partial charge in [0.2, 0.25) is 5.91 Å². The summed E-state index contributed by atoms with van der Waals surface area (Å²) in [6.07, 6.45) is 3.77. The first-order chi connectivity index (χ1) is 16.2. The summed E-state index contributed by atoms with van der Waals surface area (Å²) >= 11 is 0. The van der Waals surface area contributed by atoms with Crippen molar-refractivity contribution in [1.29, 1.82) is 0 Å². The van der Waals surface area contributed by atoms with Crippen LogP contribution in [0.5, 0.6) is 11.5 Å². The van der Waals surface area contributed by atoms with Crippen LogP contribution in [0.4, 0.5) is 5.69 Å². The van der Waals surface area contributed by atoms with Gasteiger partial charge in [0.15, 0.2) is 0 Å². The fourth-order valence-electron chi connectivity index (χ4n) is 4.37. The summed E-state index contributed by atoms with van der Waals surface area (Å²) in [6, 6.07) is 17.1. The molecule has 3 aromatic carbocycles. The number of rotatable bonds is 9. The molecule has 3 rings (SSSR count). The molecule has 0 fully saturated rings. The van der Waals surface area contributed by atoms with E-state index in [0.717, 1.165) is 52.8 Å². The number of carbonyl (C=O) groups excluding carboxylic acids is 1. The van der Waals surface area contributed by atoms with Crippen molar-refractivity contribution in [3.8, 4) is 22.6 Å². The van der Waals surface area contributed by atoms with Crippen LogP contribution in [0, 0.1) is 6.92 Å². The molecule has 0 aliphatic rings. The predicted octanol–water partition coefficient (Wildman–Crippen LogP) is 7.39. The number of hydrogen-bond donors (Lipinski definition) is 2. The number of phenolic OH excluding ortho intramolecular Hbond substituents is 2. The van der Waals surface area contributed by atoms with Gasteiger partial charge in [-0.3, -0.25) is 4.79 Å². The van der Waals surface area contributed by atoms with Crippen LogP contribution in [0.3, 0.4) is 0 Å². The summed E-state index contributed by atoms with van der Waals surface area (Å²) in [6.45, 7) is 11.9. The van der Waals surface area contributed by atoms with Gasteiger partial charge in [-0.25, -0.2) is 0 Å². The van der Waals surface area contributed by atoms with Crippen LogP contribution in [0.1, 0.15) is 62.3 Å². The molecule has 0 heterocycles. The maximum atomic E-state index is 12.6. The summed E-state index contributed by atoms with van der Waals surface area (Å²) < 4.78 is 0. The average molecular weight is 458 g/mol. The third-order valence-corrected chi connectivity index (χ3v) is 6.20. The molecule has 0 radical (unpaired) electrons. The fraction of sp³-hybridized carbons (Fsp3) is 0.300. The fourth-order valence-corrected chi connectivity index (χ4v) is 4.37. The van der Waals surface area contributed by atoms with Gasteiger partial charge in [0.1, 0.15) is 11.5 Å². The second-order valence-corrected chi connectivity index (χ2v) is 8.98. The minimum absolute atomic E-state index is 0.0155. The number of anilines is 1. The Kier molecular flexibility index (Phi) is 8.17. The Morgan fingerprint density at radius 3 is 2.32 bits per heavy atom. The van der Waals surface area contributed by atoms with Crippen LogP contribution in [-0.4, -0.2) is 16.1 Å². The van der Waals surface area contributed by atoms with Crippen LogP contribution >= 0.6 is 0 Å². The topological polar surface area (TPSA) is 60.8 Å². The van der Waals surface area contributed by atoms with E-state index in [1.54, 1.807) is 11.0 Å². The highest BCUT2D eigenvalue weighted by Crippen LogP contribution is 2.45. The molecule has 2 N–H and O–H groups in total. The van der Waals surface area contributed by atoms with E-state index in [9.17, 15) is 15.0 Å². The standard InChI is InChI=1S/C30H35NO3/c1-6-7-9-12-23-18-28(33)29(26-17-21(4)15-16-25(26)20(2)3)30(34)27(23)19-31(22(5)32)24-13-10-8-11-14-24/h8,10-11,13-18,33-34H,2,6-7,9,12,19H2,1,3-5H3. The van der Waals surface area contributed by atoms with Crippen molar-refractivity contribution >= 4 is 17.2 Å². The van der Waals surface area contributed by atoms with Crippen LogP contribution in [0.2, 0.25) is 0 Å². The second-order valence-electron chi connectivity index (χ2n) is 8.98. The molecule has 0 aliphatic carbocycles. The summed E-state index contributed by atoms with van der Waals surface area (Å²) in [5, 5.41) is 22.7. The molecule has 0 aromatic heterocycles. The van der Waals surface area contributed by atoms with Crippen molar-refractivity contribution in [2.45, 2.75) is 59.9 Å². The van der Waals surface area contributed by atoms with Gasteiger partial charge in [-0.05, 0) is 61.6 Å². The van der Waals surface area contributed by atoms with E-state index < -0.39 is 0 Å². The predicted molar refractivity (Wildman–Crippen MR) is 141 cm³/mol. The first-order valence-electron chi connectivity index (χ1n) is 11.9. The van der Waals surface area contributed by atoms with Crippen LogP contribution < -0.4 is 4.90 Å². The Morgan fingerprint density at radius 1 is 1.00 bits per heavy atom. The lowest BCUT2D eigenvalue weighted by molar-refractivity contribution is -0.116. The number of carbonyl (C=O) groups is 1. The van der Waals surface area contributed by atoms with E-state index in [2.05, 4.69) is 13.5 Å². The zero-order valence-electron chi connectivity index (χ0n) is 20.7. The molecular weight excluding hydrogens is 422 g/mol. The number of amides is 1. The van der Waals surface area contributed by atoms with Crippen LogP contribution in [0.15, 0.2) is 61.2 Å². The zero-order chi connectivity index (χ0) is 24.8. The van der Waals surface area contributed by atoms with Gasteiger partial charge >= 0.3 is 0 Å². The van der Waals surface area contributed by atoms with E-state index in [1.807, 2.05) is 62.4 Å². The molecular formula is C30H35NO3. The summed E-state index contributed by atoms with van der Waals surface area (Å²) in [4.78, 5) is 14.3. The van der Waals surface area contributed by atoms with Gasteiger partial charge in [0, 0.05) is 18.2 Å². The number of allylic oxidation sites excluding steroid dienone is 1. The van der Waals surface area contributed by atoms with E-state index in [-0.39, 0.29) is 24.0 Å². The van der Waals surface area contributed by atoms with Gasteiger partial charge in [-0.15, -0.1) is 0 Å². The molecule has 3 aromatic rings. The molecule has 4 heteroatoms. The minimum atomic E-state index is -0.113. The molecule has 4 nitrogen and oxygen atoms in total. The average Bonchev–Trinajstić information content (AvgIpc) is 2.79. The Hall–Kier alpha value is -3.53. The highest BCUT2D eigenvalue weighted by atomic mass is 16.3. The van der Waals surface area contributed by atoms with E-state index in [1.165, 1.54) is 6.92 Å². The normalized spacial score (nSPS) is 10.8. The second kappa shape index (κ2) is 11.1. The molecule has 0 aliphatic heterocycles. The van der Waals surface area contributed by atoms with E-state index in [4.69, 9.17) is 0 Å². The molecule has 0 saturated carbocycles. The molecule has 34 heavy (non-hydrogen) atoms. The maximum absolute atomic E-state index is 12.6. The van der Waals surface area contributed by atoms with E-state index in [0.29, 0.717) is 17.5 Å². The number of unbranched alkanes of at least 4 members (excludes halogenated alkanes) is 2. The van der Waals surface area contributed by atoms with Crippen molar-refractivity contribution in [2.24, 2.45) is 0 Å². The Bertz CT molecular complexity index is 1180. The Labute approximate surface area is 203 Å². The molecule has 0 unspecified atom stereocenters. The smallest absolute Gasteiger partial charge is 0.224 e. The largest absolute Gasteiger partial charge is 0.507 e. The summed E-state index contributed by atoms with van der Waals surface area (Å²) in [5.74, 6) is -0.0605. The minimum Gasteiger partial charge on any atom is -0.507 e. The summed E-state index contributed by atoms with van der Waals surface area (Å²) in [7, 11) is 0. The van der Waals surface area contributed by atoms with Gasteiger partial charge in [0.25, 0.3) is 0 Å². The molecule has 0 spiro atoms. The van der Waals surface area contributed by atoms with Gasteiger partial charge < -0.3 is 15.1 Å². The lowest BCUT2D eigenvalue weighted by atomic mass is 9.89. The van der Waals surface area contributed by atoms with Gasteiger partial charge in [0.05, 0.1) is 12.1 Å². The molecule has 178 valence electrons. The number of aromatic hydroxyl groups is 2. The Balaban J connectivity index is 2.22. The van der Waals surface area contributed by atoms with Crippen molar-refractivity contribution in [3.05, 3.63) is 83.4 Å². The third kappa shape index (κ3) is 5.51. The Morgan fingerprint density at radius 2 is 1.71 bits per heavy atom. The van der Waals surface area contributed by atoms with E-state index >= 15 is 0 Å². The third-order valence-electron chi connectivity index (χ3n) is 6.20. The maximum Gasteiger partial charge on any atom is 0.224 e. The monoisotopic (exact) mass is 457 g/mol. The van der Waals surface area contributed by atoms with Gasteiger partial charge in [-0.1, -0.05) is 73.9 Å². The number of benzene rings is 3. The van der Waals surface area contributed by atoms with Crippen LogP contribution in [0.25, 0.3) is 16.7 Å². The molecule has 1 amide bonds. The lowest BCUT2D eigenvalue weighted by Crippen LogP contribution is -2.28. The van der Waals surface area contributed by atoms with Gasteiger partial charge in [-0.2, -0.15) is 0 Å². The molecule has 0 atom stereocenters. The summed E-state index contributed by atoms with van der Waals surface area (Å²) in [5.41, 5.74) is 6.13. The SMILES string of the molecule is C=C(C)c1ccc(C)cc1-c1c(O)cc(CCCCC)c(CN(C(C)=O)c2ccccc2)c1O. The molecule has 0 saturated heterocycles. The number of aryl methyl sites for hydroxylation is 2. The molecule has 0 bridgehead atoms.